The second-order valence-corrected chi connectivity index (χ2v) is 6.20. The number of benzene rings is 1. The minimum Gasteiger partial charge on any atom is -0.376 e. The molecule has 2 fully saturated rings. The fourth-order valence-corrected chi connectivity index (χ4v) is 2.73. The number of carbonyl (C=O) groups excluding carboxylic acids is 1. The van der Waals surface area contributed by atoms with Crippen LogP contribution in [0.1, 0.15) is 37.7 Å². The molecule has 3 rings (SSSR count). The molecule has 22 heavy (non-hydrogen) atoms. The molecule has 2 N–H and O–H groups in total. The third kappa shape index (κ3) is 5.59. The van der Waals surface area contributed by atoms with Gasteiger partial charge in [0, 0.05) is 24.8 Å². The van der Waals surface area contributed by atoms with Crippen LogP contribution in [-0.2, 0) is 16.1 Å². The summed E-state index contributed by atoms with van der Waals surface area (Å²) in [5, 5.41) is 6.33. The normalized spacial score (nSPS) is 20.5. The molecule has 1 unspecified atom stereocenters. The van der Waals surface area contributed by atoms with Gasteiger partial charge in [0.2, 0.25) is 5.91 Å². The predicted octanol–water partition coefficient (Wildman–Crippen LogP) is 3.12. The fourth-order valence-electron chi connectivity index (χ4n) is 2.73. The van der Waals surface area contributed by atoms with Crippen molar-refractivity contribution in [2.24, 2.45) is 5.92 Å². The third-order valence-electron chi connectivity index (χ3n) is 4.12. The van der Waals surface area contributed by atoms with Crippen LogP contribution in [0.15, 0.2) is 24.3 Å². The van der Waals surface area contributed by atoms with Crippen molar-refractivity contribution in [2.75, 3.05) is 18.5 Å². The Morgan fingerprint density at radius 3 is 2.91 bits per heavy atom. The van der Waals surface area contributed by atoms with Crippen LogP contribution in [0.5, 0.6) is 0 Å². The van der Waals surface area contributed by atoms with Gasteiger partial charge in [0.1, 0.15) is 0 Å². The van der Waals surface area contributed by atoms with E-state index in [4.69, 9.17) is 4.74 Å². The zero-order valence-corrected chi connectivity index (χ0v) is 13.7. The molecular formula is C17H25ClN2O2. The lowest BCUT2D eigenvalue weighted by Crippen LogP contribution is -2.27. The van der Waals surface area contributed by atoms with E-state index >= 15 is 0 Å². The molecule has 122 valence electrons. The first kappa shape index (κ1) is 17.3. The first-order chi connectivity index (χ1) is 10.3. The minimum atomic E-state index is 0. The first-order valence-electron chi connectivity index (χ1n) is 7.99. The predicted molar refractivity (Wildman–Crippen MR) is 90.3 cm³/mol. The number of halogens is 1. The summed E-state index contributed by atoms with van der Waals surface area (Å²) in [6.07, 6.45) is 5.45. The maximum Gasteiger partial charge on any atom is 0.225 e. The summed E-state index contributed by atoms with van der Waals surface area (Å²) in [5.74, 6) is 0.872. The van der Waals surface area contributed by atoms with Gasteiger partial charge in [-0.05, 0) is 55.8 Å². The van der Waals surface area contributed by atoms with Gasteiger partial charge in [-0.2, -0.15) is 0 Å². The van der Waals surface area contributed by atoms with Crippen LogP contribution in [0.2, 0.25) is 0 Å². The fraction of sp³-hybridized carbons (Fsp3) is 0.588. The molecule has 1 aliphatic carbocycles. The van der Waals surface area contributed by atoms with Crippen molar-refractivity contribution in [3.63, 3.8) is 0 Å². The number of amides is 1. The van der Waals surface area contributed by atoms with Gasteiger partial charge in [-0.15, -0.1) is 12.4 Å². The van der Waals surface area contributed by atoms with Crippen LogP contribution in [0, 0.1) is 5.92 Å². The molecule has 5 heteroatoms. The van der Waals surface area contributed by atoms with Crippen molar-refractivity contribution < 1.29 is 9.53 Å². The average molecular weight is 325 g/mol. The van der Waals surface area contributed by atoms with Gasteiger partial charge in [-0.1, -0.05) is 12.1 Å². The van der Waals surface area contributed by atoms with E-state index < -0.39 is 0 Å². The third-order valence-corrected chi connectivity index (χ3v) is 4.12. The largest absolute Gasteiger partial charge is 0.376 e. The lowest BCUT2D eigenvalue weighted by Gasteiger charge is -2.11. The maximum atomic E-state index is 12.0. The number of rotatable bonds is 7. The Morgan fingerprint density at radius 2 is 2.18 bits per heavy atom. The molecule has 1 saturated heterocycles. The van der Waals surface area contributed by atoms with E-state index in [0.29, 0.717) is 19.1 Å². The second-order valence-electron chi connectivity index (χ2n) is 6.20. The summed E-state index contributed by atoms with van der Waals surface area (Å²) in [6, 6.07) is 8.30. The Morgan fingerprint density at radius 1 is 1.32 bits per heavy atom. The average Bonchev–Trinajstić information content (AvgIpc) is 3.15. The van der Waals surface area contributed by atoms with Crippen LogP contribution in [0.4, 0.5) is 5.69 Å². The number of hydrogen-bond acceptors (Lipinski definition) is 3. The summed E-state index contributed by atoms with van der Waals surface area (Å²) in [4.78, 5) is 12.0. The Labute approximate surface area is 138 Å². The molecule has 1 heterocycles. The highest BCUT2D eigenvalue weighted by atomic mass is 35.5. The van der Waals surface area contributed by atoms with E-state index in [2.05, 4.69) is 10.6 Å². The van der Waals surface area contributed by atoms with Crippen LogP contribution in [0.25, 0.3) is 0 Å². The Kier molecular flexibility index (Phi) is 6.68. The number of nitrogens with one attached hydrogen (secondary N) is 2. The molecule has 1 aromatic rings. The summed E-state index contributed by atoms with van der Waals surface area (Å²) >= 11 is 0. The molecule has 1 amide bonds. The molecule has 0 bridgehead atoms. The van der Waals surface area contributed by atoms with Gasteiger partial charge in [0.25, 0.3) is 0 Å². The zero-order chi connectivity index (χ0) is 14.5. The van der Waals surface area contributed by atoms with Gasteiger partial charge in [0.15, 0.2) is 0 Å². The van der Waals surface area contributed by atoms with Crippen molar-refractivity contribution in [2.45, 2.75) is 44.8 Å². The molecule has 1 atom stereocenters. The SMILES string of the molecule is Cl.O=C(CC1CCCN1)Nc1cccc(COCC2CC2)c1. The van der Waals surface area contributed by atoms with Crippen molar-refractivity contribution >= 4 is 24.0 Å². The van der Waals surface area contributed by atoms with Crippen molar-refractivity contribution in [1.82, 2.24) is 5.32 Å². The van der Waals surface area contributed by atoms with Gasteiger partial charge in [0.05, 0.1) is 6.61 Å². The van der Waals surface area contributed by atoms with E-state index in [1.807, 2.05) is 24.3 Å². The van der Waals surface area contributed by atoms with Crippen LogP contribution >= 0.6 is 12.4 Å². The molecule has 1 saturated carbocycles. The highest BCUT2D eigenvalue weighted by Crippen LogP contribution is 2.29. The summed E-state index contributed by atoms with van der Waals surface area (Å²) < 4.78 is 5.69. The molecule has 4 nitrogen and oxygen atoms in total. The molecule has 1 aliphatic heterocycles. The van der Waals surface area contributed by atoms with Crippen molar-refractivity contribution in [3.05, 3.63) is 29.8 Å². The Bertz CT molecular complexity index is 485. The van der Waals surface area contributed by atoms with Gasteiger partial charge in [-0.3, -0.25) is 4.79 Å². The van der Waals surface area contributed by atoms with E-state index in [1.54, 1.807) is 0 Å². The molecule has 2 aliphatic rings. The van der Waals surface area contributed by atoms with E-state index in [-0.39, 0.29) is 18.3 Å². The molecule has 0 radical (unpaired) electrons. The molecule has 0 aromatic heterocycles. The highest BCUT2D eigenvalue weighted by molar-refractivity contribution is 5.91. The van der Waals surface area contributed by atoms with Crippen molar-refractivity contribution in [3.8, 4) is 0 Å². The summed E-state index contributed by atoms with van der Waals surface area (Å²) in [6.45, 7) is 2.53. The van der Waals surface area contributed by atoms with Crippen LogP contribution in [0.3, 0.4) is 0 Å². The number of anilines is 1. The zero-order valence-electron chi connectivity index (χ0n) is 12.8. The van der Waals surface area contributed by atoms with Crippen LogP contribution < -0.4 is 10.6 Å². The molecule has 1 aromatic carbocycles. The van der Waals surface area contributed by atoms with Gasteiger partial charge < -0.3 is 15.4 Å². The molecule has 0 spiro atoms. The van der Waals surface area contributed by atoms with E-state index in [9.17, 15) is 4.79 Å². The lowest BCUT2D eigenvalue weighted by molar-refractivity contribution is -0.116. The summed E-state index contributed by atoms with van der Waals surface area (Å²) in [5.41, 5.74) is 1.98. The number of carbonyl (C=O) groups is 1. The standard InChI is InChI=1S/C17H24N2O2.ClH/c20-17(10-15-5-2-8-18-15)19-16-4-1-3-14(9-16)12-21-11-13-6-7-13;/h1,3-4,9,13,15,18H,2,5-8,10-12H2,(H,19,20);1H. The summed E-state index contributed by atoms with van der Waals surface area (Å²) in [7, 11) is 0. The van der Waals surface area contributed by atoms with Crippen molar-refractivity contribution in [1.29, 1.82) is 0 Å². The van der Waals surface area contributed by atoms with E-state index in [1.165, 1.54) is 19.3 Å². The number of hydrogen-bond donors (Lipinski definition) is 2. The maximum absolute atomic E-state index is 12.0. The monoisotopic (exact) mass is 324 g/mol. The highest BCUT2D eigenvalue weighted by Gasteiger charge is 2.21. The second kappa shape index (κ2) is 8.51. The first-order valence-corrected chi connectivity index (χ1v) is 7.99. The van der Waals surface area contributed by atoms with Gasteiger partial charge >= 0.3 is 0 Å². The lowest BCUT2D eigenvalue weighted by atomic mass is 10.1. The Hall–Kier alpha value is -1.10. The molecular weight excluding hydrogens is 300 g/mol. The quantitative estimate of drug-likeness (QED) is 0.810. The smallest absolute Gasteiger partial charge is 0.225 e. The Balaban J connectivity index is 0.00000176. The topological polar surface area (TPSA) is 50.4 Å². The van der Waals surface area contributed by atoms with Gasteiger partial charge in [-0.25, -0.2) is 0 Å². The van der Waals surface area contributed by atoms with Crippen LogP contribution in [-0.4, -0.2) is 25.1 Å². The number of ether oxygens (including phenoxy) is 1. The minimum absolute atomic E-state index is 0. The van der Waals surface area contributed by atoms with E-state index in [0.717, 1.165) is 36.7 Å².